The van der Waals surface area contributed by atoms with E-state index in [0.717, 1.165) is 17.3 Å². The average Bonchev–Trinajstić information content (AvgIpc) is 2.43. The van der Waals surface area contributed by atoms with E-state index >= 15 is 0 Å². The second-order valence-corrected chi connectivity index (χ2v) is 4.99. The summed E-state index contributed by atoms with van der Waals surface area (Å²) in [6.07, 6.45) is 0. The van der Waals surface area contributed by atoms with E-state index in [1.807, 2.05) is 30.3 Å². The number of nitrogen functional groups attached to an aromatic ring is 1. The number of hydrogen-bond acceptors (Lipinski definition) is 5. The van der Waals surface area contributed by atoms with Gasteiger partial charge in [0, 0.05) is 12.6 Å². The first-order valence-electron chi connectivity index (χ1n) is 5.94. The maximum atomic E-state index is 11.7. The van der Waals surface area contributed by atoms with Crippen molar-refractivity contribution < 1.29 is 4.79 Å². The van der Waals surface area contributed by atoms with Crippen LogP contribution in [-0.2, 0) is 11.3 Å². The van der Waals surface area contributed by atoms with E-state index in [1.165, 1.54) is 6.07 Å². The number of anilines is 1. The maximum Gasteiger partial charge on any atom is 0.253 e. The summed E-state index contributed by atoms with van der Waals surface area (Å²) in [4.78, 5) is 29.3. The lowest BCUT2D eigenvalue weighted by atomic mass is 10.2. The van der Waals surface area contributed by atoms with Crippen LogP contribution in [0.15, 0.2) is 46.3 Å². The standard InChI is InChI=1S/C13H14N4O2S/c14-10-6-11(18)17-13(16-10)20-8-12(19)15-7-9-4-2-1-3-5-9/h1-6H,7-8H2,(H,15,19)(H3,14,16,17,18). The molecule has 4 N–H and O–H groups in total. The molecule has 0 radical (unpaired) electrons. The van der Waals surface area contributed by atoms with Gasteiger partial charge in [-0.15, -0.1) is 0 Å². The molecule has 20 heavy (non-hydrogen) atoms. The van der Waals surface area contributed by atoms with Crippen molar-refractivity contribution in [1.82, 2.24) is 15.3 Å². The highest BCUT2D eigenvalue weighted by atomic mass is 32.2. The topological polar surface area (TPSA) is 101 Å². The Bertz CT molecular complexity index is 642. The van der Waals surface area contributed by atoms with E-state index in [1.54, 1.807) is 0 Å². The van der Waals surface area contributed by atoms with Gasteiger partial charge in [0.2, 0.25) is 5.91 Å². The molecule has 104 valence electrons. The monoisotopic (exact) mass is 290 g/mol. The van der Waals surface area contributed by atoms with Crippen LogP contribution in [0.25, 0.3) is 0 Å². The number of hydrogen-bond donors (Lipinski definition) is 3. The SMILES string of the molecule is Nc1cc(=O)[nH]c(SCC(=O)NCc2ccccc2)n1. The van der Waals surface area contributed by atoms with Gasteiger partial charge in [0.1, 0.15) is 5.82 Å². The number of amides is 1. The summed E-state index contributed by atoms with van der Waals surface area (Å²) in [6.45, 7) is 0.473. The Kier molecular flexibility index (Phi) is 4.78. The van der Waals surface area contributed by atoms with Crippen LogP contribution >= 0.6 is 11.8 Å². The van der Waals surface area contributed by atoms with Crippen molar-refractivity contribution in [2.45, 2.75) is 11.7 Å². The first-order chi connectivity index (χ1) is 9.63. The van der Waals surface area contributed by atoms with Gasteiger partial charge < -0.3 is 16.0 Å². The molecule has 0 bridgehead atoms. The minimum absolute atomic E-state index is 0.135. The fraction of sp³-hybridized carbons (Fsp3) is 0.154. The summed E-state index contributed by atoms with van der Waals surface area (Å²) in [5, 5.41) is 3.13. The first kappa shape index (κ1) is 14.1. The lowest BCUT2D eigenvalue weighted by Crippen LogP contribution is -2.24. The minimum atomic E-state index is -0.329. The van der Waals surface area contributed by atoms with Crippen molar-refractivity contribution in [1.29, 1.82) is 0 Å². The third-order valence-corrected chi connectivity index (χ3v) is 3.29. The van der Waals surface area contributed by atoms with Crippen LogP contribution in [-0.4, -0.2) is 21.6 Å². The van der Waals surface area contributed by atoms with Crippen LogP contribution in [0.4, 0.5) is 5.82 Å². The summed E-state index contributed by atoms with van der Waals surface area (Å²) in [6, 6.07) is 10.8. The van der Waals surface area contributed by atoms with Gasteiger partial charge in [0.05, 0.1) is 5.75 Å². The molecule has 1 aromatic heterocycles. The normalized spacial score (nSPS) is 10.2. The highest BCUT2D eigenvalue weighted by Gasteiger charge is 2.05. The number of aromatic nitrogens is 2. The summed E-state index contributed by atoms with van der Waals surface area (Å²) in [5.41, 5.74) is 6.16. The van der Waals surface area contributed by atoms with Crippen LogP contribution in [0.2, 0.25) is 0 Å². The third kappa shape index (κ3) is 4.43. The molecule has 0 spiro atoms. The molecule has 1 amide bonds. The first-order valence-corrected chi connectivity index (χ1v) is 6.92. The van der Waals surface area contributed by atoms with Gasteiger partial charge >= 0.3 is 0 Å². The number of nitrogens with zero attached hydrogens (tertiary/aromatic N) is 1. The van der Waals surface area contributed by atoms with Gasteiger partial charge in [0.15, 0.2) is 5.16 Å². The number of rotatable bonds is 5. The zero-order valence-electron chi connectivity index (χ0n) is 10.6. The second-order valence-electron chi connectivity index (χ2n) is 4.03. The maximum absolute atomic E-state index is 11.7. The van der Waals surface area contributed by atoms with Gasteiger partial charge in [-0.25, -0.2) is 4.98 Å². The zero-order chi connectivity index (χ0) is 14.4. The molecule has 2 rings (SSSR count). The largest absolute Gasteiger partial charge is 0.383 e. The van der Waals surface area contributed by atoms with E-state index in [0.29, 0.717) is 11.7 Å². The molecule has 0 aliphatic heterocycles. The molecule has 0 atom stereocenters. The van der Waals surface area contributed by atoms with Gasteiger partial charge in [-0.2, -0.15) is 0 Å². The van der Waals surface area contributed by atoms with Crippen molar-refractivity contribution in [3.63, 3.8) is 0 Å². The number of aromatic amines is 1. The summed E-state index contributed by atoms with van der Waals surface area (Å²) in [7, 11) is 0. The molecule has 6 nitrogen and oxygen atoms in total. The summed E-state index contributed by atoms with van der Waals surface area (Å²) >= 11 is 1.13. The summed E-state index contributed by atoms with van der Waals surface area (Å²) < 4.78 is 0. The van der Waals surface area contributed by atoms with E-state index in [4.69, 9.17) is 5.73 Å². The van der Waals surface area contributed by atoms with Crippen LogP contribution < -0.4 is 16.6 Å². The van der Waals surface area contributed by atoms with Crippen LogP contribution in [0, 0.1) is 0 Å². The molecule has 1 aromatic carbocycles. The van der Waals surface area contributed by atoms with Gasteiger partial charge in [0.25, 0.3) is 5.56 Å². The lowest BCUT2D eigenvalue weighted by Gasteiger charge is -2.05. The minimum Gasteiger partial charge on any atom is -0.383 e. The third-order valence-electron chi connectivity index (χ3n) is 2.41. The number of nitrogens with two attached hydrogens (primary N) is 1. The van der Waals surface area contributed by atoms with Crippen molar-refractivity contribution in [3.05, 3.63) is 52.3 Å². The number of benzene rings is 1. The molecule has 0 saturated carbocycles. The van der Waals surface area contributed by atoms with E-state index in [2.05, 4.69) is 15.3 Å². The quantitative estimate of drug-likeness (QED) is 0.557. The Labute approximate surface area is 119 Å². The molecule has 1 heterocycles. The molecule has 0 aliphatic carbocycles. The van der Waals surface area contributed by atoms with E-state index < -0.39 is 0 Å². The Morgan fingerprint density at radius 1 is 1.35 bits per heavy atom. The Balaban J connectivity index is 1.82. The number of nitrogens with one attached hydrogen (secondary N) is 2. The average molecular weight is 290 g/mol. The Morgan fingerprint density at radius 2 is 2.10 bits per heavy atom. The predicted molar refractivity (Wildman–Crippen MR) is 78.3 cm³/mol. The smallest absolute Gasteiger partial charge is 0.253 e. The van der Waals surface area contributed by atoms with Crippen LogP contribution in [0.3, 0.4) is 0 Å². The van der Waals surface area contributed by atoms with Gasteiger partial charge in [-0.1, -0.05) is 42.1 Å². The fourth-order valence-corrected chi connectivity index (χ4v) is 2.22. The van der Waals surface area contributed by atoms with Crippen molar-refractivity contribution in [2.24, 2.45) is 0 Å². The molecule has 0 fully saturated rings. The molecule has 0 aliphatic rings. The number of H-pyrrole nitrogens is 1. The van der Waals surface area contributed by atoms with Gasteiger partial charge in [-0.3, -0.25) is 9.59 Å². The highest BCUT2D eigenvalue weighted by Crippen LogP contribution is 2.11. The molecule has 0 saturated heterocycles. The van der Waals surface area contributed by atoms with Crippen LogP contribution in [0.5, 0.6) is 0 Å². The Morgan fingerprint density at radius 3 is 2.80 bits per heavy atom. The van der Waals surface area contributed by atoms with Crippen molar-refractivity contribution in [3.8, 4) is 0 Å². The molecular formula is C13H14N4O2S. The molecule has 0 unspecified atom stereocenters. The van der Waals surface area contributed by atoms with Crippen molar-refractivity contribution >= 4 is 23.5 Å². The molecular weight excluding hydrogens is 276 g/mol. The van der Waals surface area contributed by atoms with Gasteiger partial charge in [-0.05, 0) is 5.56 Å². The number of carbonyl (C=O) groups is 1. The molecule has 2 aromatic rings. The van der Waals surface area contributed by atoms with Crippen molar-refractivity contribution in [2.75, 3.05) is 11.5 Å². The Hall–Kier alpha value is -2.28. The number of thioether (sulfide) groups is 1. The zero-order valence-corrected chi connectivity index (χ0v) is 11.4. The second kappa shape index (κ2) is 6.76. The molecule has 7 heteroatoms. The fourth-order valence-electron chi connectivity index (χ4n) is 1.50. The van der Waals surface area contributed by atoms with E-state index in [-0.39, 0.29) is 23.0 Å². The van der Waals surface area contributed by atoms with E-state index in [9.17, 15) is 9.59 Å². The van der Waals surface area contributed by atoms with Crippen LogP contribution in [0.1, 0.15) is 5.56 Å². The highest BCUT2D eigenvalue weighted by molar-refractivity contribution is 7.99. The number of carbonyl (C=O) groups excluding carboxylic acids is 1. The predicted octanol–water partition coefficient (Wildman–Crippen LogP) is 0.761. The lowest BCUT2D eigenvalue weighted by molar-refractivity contribution is -0.118. The summed E-state index contributed by atoms with van der Waals surface area (Å²) in [5.74, 6) is 0.170.